The van der Waals surface area contributed by atoms with Gasteiger partial charge in [0.2, 0.25) is 0 Å². The molecule has 2 aliphatic heterocycles. The van der Waals surface area contributed by atoms with Gasteiger partial charge in [0.05, 0.1) is 0 Å². The molecule has 0 saturated carbocycles. The lowest BCUT2D eigenvalue weighted by Crippen LogP contribution is -2.14. The number of para-hydroxylation sites is 1. The maximum atomic E-state index is 9.55. The summed E-state index contributed by atoms with van der Waals surface area (Å²) in [5.41, 5.74) is 2.55. The van der Waals surface area contributed by atoms with Crippen LogP contribution in [0.5, 0.6) is 11.5 Å². The van der Waals surface area contributed by atoms with E-state index in [0.717, 1.165) is 29.6 Å². The Morgan fingerprint density at radius 3 is 2.21 bits per heavy atom. The normalized spacial score (nSPS) is 20.1. The Kier molecular flexibility index (Phi) is 6.02. The minimum Gasteiger partial charge on any atom is -0.478 e. The van der Waals surface area contributed by atoms with Crippen molar-refractivity contribution in [1.82, 2.24) is 4.90 Å². The number of carbonyl (C=O) groups is 2. The fraction of sp³-hybridized carbons (Fsp3) is 0.238. The predicted octanol–water partition coefficient (Wildman–Crippen LogP) is 3.97. The van der Waals surface area contributed by atoms with Gasteiger partial charge in [-0.25, -0.2) is 9.59 Å². The third-order valence-electron chi connectivity index (χ3n) is 4.78. The number of likely N-dealkylation sites (N-methyl/N-ethyl adjacent to an activating group) is 1. The lowest BCUT2D eigenvalue weighted by Gasteiger charge is -2.17. The van der Waals surface area contributed by atoms with Crippen molar-refractivity contribution in [1.29, 1.82) is 0 Å². The molecule has 0 amide bonds. The van der Waals surface area contributed by atoms with Crippen LogP contribution in [0.3, 0.4) is 0 Å². The average Bonchev–Trinajstić information content (AvgIpc) is 2.98. The van der Waals surface area contributed by atoms with Crippen molar-refractivity contribution in [2.45, 2.75) is 11.8 Å². The molecule has 1 saturated heterocycles. The molecule has 0 aromatic heterocycles. The van der Waals surface area contributed by atoms with Crippen LogP contribution in [0.2, 0.25) is 5.02 Å². The van der Waals surface area contributed by atoms with E-state index >= 15 is 0 Å². The summed E-state index contributed by atoms with van der Waals surface area (Å²) in [6.45, 7) is 2.12. The highest BCUT2D eigenvalue weighted by Crippen LogP contribution is 2.49. The molecule has 2 N–H and O–H groups in total. The van der Waals surface area contributed by atoms with Crippen LogP contribution in [0.15, 0.2) is 54.6 Å². The zero-order valence-corrected chi connectivity index (χ0v) is 16.0. The Hall–Kier alpha value is -2.83. The molecule has 2 aromatic carbocycles. The number of nitrogens with zero attached hydrogens (tertiary/aromatic N) is 1. The summed E-state index contributed by atoms with van der Waals surface area (Å²) in [7, 11) is 2.18. The molecule has 7 heteroatoms. The van der Waals surface area contributed by atoms with E-state index in [1.165, 1.54) is 11.1 Å². The number of ether oxygens (including phenoxy) is 1. The van der Waals surface area contributed by atoms with E-state index in [2.05, 4.69) is 36.2 Å². The van der Waals surface area contributed by atoms with Crippen LogP contribution in [-0.2, 0) is 9.59 Å². The molecular formula is C21H20ClNO5. The Morgan fingerprint density at radius 1 is 1.00 bits per heavy atom. The first-order valence-corrected chi connectivity index (χ1v) is 9.11. The first-order chi connectivity index (χ1) is 13.3. The molecule has 0 aliphatic carbocycles. The van der Waals surface area contributed by atoms with Crippen molar-refractivity contribution >= 4 is 23.5 Å². The fourth-order valence-electron chi connectivity index (χ4n) is 3.67. The minimum atomic E-state index is -1.26. The Morgan fingerprint density at radius 2 is 1.57 bits per heavy atom. The predicted molar refractivity (Wildman–Crippen MR) is 105 cm³/mol. The molecule has 2 aromatic rings. The summed E-state index contributed by atoms with van der Waals surface area (Å²) in [5, 5.41) is 16.4. The average molecular weight is 402 g/mol. The van der Waals surface area contributed by atoms with E-state index in [1.54, 1.807) is 0 Å². The van der Waals surface area contributed by atoms with E-state index in [9.17, 15) is 9.59 Å². The van der Waals surface area contributed by atoms with Crippen molar-refractivity contribution in [3.63, 3.8) is 0 Å². The number of hydrogen-bond acceptors (Lipinski definition) is 4. The maximum Gasteiger partial charge on any atom is 0.328 e. The number of aliphatic carboxylic acids is 2. The SMILES string of the molecule is CN1C[C@H]2c3ccccc3Oc3ccc(Cl)cc3[C@@H]2C1.O=C(O)/C=C/C(=O)O. The number of carboxylic acids is 2. The number of hydrogen-bond donors (Lipinski definition) is 2. The van der Waals surface area contributed by atoms with E-state index in [0.29, 0.717) is 24.0 Å². The van der Waals surface area contributed by atoms with Gasteiger partial charge in [0.25, 0.3) is 0 Å². The quantitative estimate of drug-likeness (QED) is 0.740. The summed E-state index contributed by atoms with van der Waals surface area (Å²) in [4.78, 5) is 21.5. The molecule has 0 bridgehead atoms. The van der Waals surface area contributed by atoms with Crippen LogP contribution in [0.4, 0.5) is 0 Å². The molecular weight excluding hydrogens is 382 g/mol. The monoisotopic (exact) mass is 401 g/mol. The highest BCUT2D eigenvalue weighted by Gasteiger charge is 2.38. The van der Waals surface area contributed by atoms with E-state index < -0.39 is 11.9 Å². The van der Waals surface area contributed by atoms with Crippen molar-refractivity contribution in [3.05, 3.63) is 70.8 Å². The van der Waals surface area contributed by atoms with E-state index in [4.69, 9.17) is 26.6 Å². The standard InChI is InChI=1S/C17H16ClNO.C4H4O4/c1-19-9-14-12-4-2-3-5-16(12)20-17-7-6-11(18)8-13(17)15(14)10-19;5-3(6)1-2-4(7)8/h2-8,14-15H,9-10H2,1H3;1-2H,(H,5,6)(H,7,8)/b;2-1+/t14-,15-;/m0./s1. The van der Waals surface area contributed by atoms with Crippen LogP contribution < -0.4 is 4.74 Å². The topological polar surface area (TPSA) is 87.1 Å². The second-order valence-corrected chi connectivity index (χ2v) is 7.20. The summed E-state index contributed by atoms with van der Waals surface area (Å²) < 4.78 is 6.15. The highest BCUT2D eigenvalue weighted by molar-refractivity contribution is 6.30. The van der Waals surface area contributed by atoms with Crippen LogP contribution >= 0.6 is 11.6 Å². The maximum absolute atomic E-state index is 9.55. The van der Waals surface area contributed by atoms with Crippen molar-refractivity contribution in [2.75, 3.05) is 20.1 Å². The zero-order valence-electron chi connectivity index (χ0n) is 15.2. The lowest BCUT2D eigenvalue weighted by atomic mass is 9.84. The van der Waals surface area contributed by atoms with Gasteiger partial charge in [0.1, 0.15) is 11.5 Å². The molecule has 0 spiro atoms. The molecule has 0 radical (unpaired) electrons. The molecule has 4 rings (SSSR count). The van der Waals surface area contributed by atoms with Crippen LogP contribution in [0, 0.1) is 0 Å². The molecule has 146 valence electrons. The van der Waals surface area contributed by atoms with E-state index in [1.807, 2.05) is 18.2 Å². The van der Waals surface area contributed by atoms with Crippen LogP contribution in [0.25, 0.3) is 0 Å². The molecule has 1 fully saturated rings. The number of rotatable bonds is 2. The van der Waals surface area contributed by atoms with Gasteiger partial charge in [-0.1, -0.05) is 29.8 Å². The number of fused-ring (bicyclic) bond motifs is 5. The Labute approximate surface area is 167 Å². The van der Waals surface area contributed by atoms with E-state index in [-0.39, 0.29) is 0 Å². The van der Waals surface area contributed by atoms with Gasteiger partial charge in [0.15, 0.2) is 0 Å². The van der Waals surface area contributed by atoms with Crippen LogP contribution in [-0.4, -0.2) is 47.2 Å². The number of likely N-dealkylation sites (tertiary alicyclic amines) is 1. The lowest BCUT2D eigenvalue weighted by molar-refractivity contribution is -0.134. The third kappa shape index (κ3) is 4.52. The summed E-state index contributed by atoms with van der Waals surface area (Å²) in [6.07, 6.45) is 1.12. The second-order valence-electron chi connectivity index (χ2n) is 6.77. The van der Waals surface area contributed by atoms with Gasteiger partial charge in [-0.15, -0.1) is 0 Å². The summed E-state index contributed by atoms with van der Waals surface area (Å²) in [5.74, 6) is 0.358. The van der Waals surface area contributed by atoms with Gasteiger partial charge >= 0.3 is 11.9 Å². The van der Waals surface area contributed by atoms with Gasteiger partial charge in [-0.3, -0.25) is 0 Å². The molecule has 2 heterocycles. The van der Waals surface area contributed by atoms with Crippen molar-refractivity contribution in [3.8, 4) is 11.5 Å². The molecule has 2 aliphatic rings. The van der Waals surface area contributed by atoms with Crippen molar-refractivity contribution in [2.24, 2.45) is 0 Å². The number of benzene rings is 2. The zero-order chi connectivity index (χ0) is 20.3. The van der Waals surface area contributed by atoms with Gasteiger partial charge < -0.3 is 19.8 Å². The molecule has 6 nitrogen and oxygen atoms in total. The largest absolute Gasteiger partial charge is 0.478 e. The number of carboxylic acid groups (broad SMARTS) is 2. The molecule has 28 heavy (non-hydrogen) atoms. The summed E-state index contributed by atoms with van der Waals surface area (Å²) in [6, 6.07) is 14.4. The van der Waals surface area contributed by atoms with Gasteiger partial charge in [0, 0.05) is 47.7 Å². The second kappa shape index (κ2) is 8.46. The fourth-order valence-corrected chi connectivity index (χ4v) is 3.85. The van der Waals surface area contributed by atoms with Crippen molar-refractivity contribution < 1.29 is 24.5 Å². The first-order valence-electron chi connectivity index (χ1n) is 8.74. The number of halogens is 1. The molecule has 0 unspecified atom stereocenters. The Balaban J connectivity index is 0.000000242. The van der Waals surface area contributed by atoms with Gasteiger partial charge in [-0.05, 0) is 36.9 Å². The first kappa shape index (κ1) is 19.9. The Bertz CT molecular complexity index is 911. The minimum absolute atomic E-state index is 0.456. The summed E-state index contributed by atoms with van der Waals surface area (Å²) >= 11 is 6.20. The van der Waals surface area contributed by atoms with Gasteiger partial charge in [-0.2, -0.15) is 0 Å². The third-order valence-corrected chi connectivity index (χ3v) is 5.02. The highest BCUT2D eigenvalue weighted by atomic mass is 35.5. The molecule has 2 atom stereocenters. The van der Waals surface area contributed by atoms with Crippen LogP contribution in [0.1, 0.15) is 23.0 Å². The smallest absolute Gasteiger partial charge is 0.328 e.